The lowest BCUT2D eigenvalue weighted by molar-refractivity contribution is 0.413. The molecule has 2 heterocycles. The third-order valence-corrected chi connectivity index (χ3v) is 3.68. The molecule has 0 bridgehead atoms. The molecule has 7 nitrogen and oxygen atoms in total. The van der Waals surface area contributed by atoms with Gasteiger partial charge in [0, 0.05) is 24.9 Å². The van der Waals surface area contributed by atoms with Crippen molar-refractivity contribution in [2.45, 2.75) is 18.1 Å². The SMILES string of the molecule is NCc1ccc(S(=O)(=O)NCCc2cnc[nH]2)o1. The summed E-state index contributed by atoms with van der Waals surface area (Å²) in [5, 5.41) is -0.118. The van der Waals surface area contributed by atoms with Gasteiger partial charge in [0.15, 0.2) is 0 Å². The molecule has 0 unspecified atom stereocenters. The highest BCUT2D eigenvalue weighted by Crippen LogP contribution is 2.13. The number of hydrogen-bond acceptors (Lipinski definition) is 5. The highest BCUT2D eigenvalue weighted by Gasteiger charge is 2.17. The first-order chi connectivity index (χ1) is 8.62. The van der Waals surface area contributed by atoms with Crippen LogP contribution in [-0.2, 0) is 23.0 Å². The van der Waals surface area contributed by atoms with Gasteiger partial charge in [-0.2, -0.15) is 0 Å². The van der Waals surface area contributed by atoms with Gasteiger partial charge in [-0.25, -0.2) is 18.1 Å². The molecule has 0 radical (unpaired) electrons. The largest absolute Gasteiger partial charge is 0.447 e. The molecule has 0 aliphatic rings. The lowest BCUT2D eigenvalue weighted by Gasteiger charge is -2.02. The highest BCUT2D eigenvalue weighted by atomic mass is 32.2. The zero-order chi connectivity index (χ0) is 13.0. The number of H-pyrrole nitrogens is 1. The standard InChI is InChI=1S/C10H14N4O3S/c11-5-9-1-2-10(17-9)18(15,16)14-4-3-8-6-12-7-13-8/h1-2,6-7,14H,3-5,11H2,(H,12,13). The molecule has 2 aromatic heterocycles. The molecular formula is C10H14N4O3S. The van der Waals surface area contributed by atoms with E-state index in [-0.39, 0.29) is 18.2 Å². The van der Waals surface area contributed by atoms with Crippen LogP contribution in [0.5, 0.6) is 0 Å². The fourth-order valence-corrected chi connectivity index (χ4v) is 2.40. The van der Waals surface area contributed by atoms with E-state index in [0.717, 1.165) is 5.69 Å². The number of hydrogen-bond donors (Lipinski definition) is 3. The van der Waals surface area contributed by atoms with E-state index in [4.69, 9.17) is 10.2 Å². The summed E-state index contributed by atoms with van der Waals surface area (Å²) in [5.41, 5.74) is 6.21. The third kappa shape index (κ3) is 2.97. The molecule has 2 aromatic rings. The maximum absolute atomic E-state index is 11.8. The van der Waals surface area contributed by atoms with Crippen molar-refractivity contribution < 1.29 is 12.8 Å². The molecule has 0 atom stereocenters. The van der Waals surface area contributed by atoms with Crippen LogP contribution in [0, 0.1) is 0 Å². The second-order valence-corrected chi connectivity index (χ2v) is 5.35. The minimum atomic E-state index is -3.61. The maximum atomic E-state index is 11.8. The van der Waals surface area contributed by atoms with Crippen molar-refractivity contribution in [3.8, 4) is 0 Å². The highest BCUT2D eigenvalue weighted by molar-refractivity contribution is 7.89. The zero-order valence-electron chi connectivity index (χ0n) is 9.59. The second kappa shape index (κ2) is 5.34. The Hall–Kier alpha value is -1.64. The first kappa shape index (κ1) is 12.8. The number of nitrogens with one attached hydrogen (secondary N) is 2. The molecule has 8 heteroatoms. The van der Waals surface area contributed by atoms with Gasteiger partial charge in [-0.3, -0.25) is 0 Å². The number of imidazole rings is 1. The van der Waals surface area contributed by atoms with Gasteiger partial charge in [0.25, 0.3) is 10.0 Å². The Balaban J connectivity index is 1.95. The average Bonchev–Trinajstić information content (AvgIpc) is 2.99. The number of nitrogens with two attached hydrogens (primary N) is 1. The lowest BCUT2D eigenvalue weighted by Crippen LogP contribution is -2.25. The van der Waals surface area contributed by atoms with E-state index < -0.39 is 10.0 Å². The summed E-state index contributed by atoms with van der Waals surface area (Å²) >= 11 is 0. The van der Waals surface area contributed by atoms with Gasteiger partial charge in [-0.1, -0.05) is 0 Å². The van der Waals surface area contributed by atoms with Crippen molar-refractivity contribution in [1.82, 2.24) is 14.7 Å². The maximum Gasteiger partial charge on any atom is 0.273 e. The monoisotopic (exact) mass is 270 g/mol. The zero-order valence-corrected chi connectivity index (χ0v) is 10.4. The molecule has 0 spiro atoms. The molecule has 2 rings (SSSR count). The summed E-state index contributed by atoms with van der Waals surface area (Å²) in [7, 11) is -3.61. The third-order valence-electron chi connectivity index (χ3n) is 2.34. The van der Waals surface area contributed by atoms with E-state index in [1.807, 2.05) is 0 Å². The predicted molar refractivity (Wildman–Crippen MR) is 64.1 cm³/mol. The van der Waals surface area contributed by atoms with Gasteiger partial charge in [-0.05, 0) is 12.1 Å². The predicted octanol–water partition coefficient (Wildman–Crippen LogP) is -0.0176. The first-order valence-corrected chi connectivity index (χ1v) is 6.86. The second-order valence-electron chi connectivity index (χ2n) is 3.65. The van der Waals surface area contributed by atoms with Crippen LogP contribution in [-0.4, -0.2) is 24.9 Å². The van der Waals surface area contributed by atoms with Gasteiger partial charge in [0.05, 0.1) is 12.9 Å². The quantitative estimate of drug-likeness (QED) is 0.682. The molecule has 0 aliphatic carbocycles. The average molecular weight is 270 g/mol. The molecule has 0 aromatic carbocycles. The molecule has 4 N–H and O–H groups in total. The van der Waals surface area contributed by atoms with E-state index in [9.17, 15) is 8.42 Å². The van der Waals surface area contributed by atoms with Gasteiger partial charge in [-0.15, -0.1) is 0 Å². The fourth-order valence-electron chi connectivity index (χ4n) is 1.42. The van der Waals surface area contributed by atoms with Gasteiger partial charge >= 0.3 is 0 Å². The first-order valence-electron chi connectivity index (χ1n) is 5.37. The topological polar surface area (TPSA) is 114 Å². The number of aromatic amines is 1. The molecule has 98 valence electrons. The lowest BCUT2D eigenvalue weighted by atomic mass is 10.3. The van der Waals surface area contributed by atoms with Crippen molar-refractivity contribution in [3.63, 3.8) is 0 Å². The number of aromatic nitrogens is 2. The van der Waals surface area contributed by atoms with Crippen LogP contribution in [0.1, 0.15) is 11.5 Å². The van der Waals surface area contributed by atoms with Crippen LogP contribution < -0.4 is 10.5 Å². The molecule has 0 amide bonds. The fraction of sp³-hybridized carbons (Fsp3) is 0.300. The smallest absolute Gasteiger partial charge is 0.273 e. The Morgan fingerprint density at radius 2 is 2.28 bits per heavy atom. The Morgan fingerprint density at radius 1 is 1.44 bits per heavy atom. The van der Waals surface area contributed by atoms with Crippen LogP contribution in [0.4, 0.5) is 0 Å². The van der Waals surface area contributed by atoms with Gasteiger partial charge < -0.3 is 15.1 Å². The molecule has 0 saturated carbocycles. The van der Waals surface area contributed by atoms with Crippen molar-refractivity contribution in [2.75, 3.05) is 6.54 Å². The summed E-state index contributed by atoms with van der Waals surface area (Å²) in [6.07, 6.45) is 3.72. The summed E-state index contributed by atoms with van der Waals surface area (Å²) in [5.74, 6) is 0.434. The van der Waals surface area contributed by atoms with E-state index in [1.165, 1.54) is 6.07 Å². The number of rotatable bonds is 6. The van der Waals surface area contributed by atoms with E-state index >= 15 is 0 Å². The van der Waals surface area contributed by atoms with E-state index in [1.54, 1.807) is 18.6 Å². The van der Waals surface area contributed by atoms with Gasteiger partial charge in [0.2, 0.25) is 5.09 Å². The Labute approximate surface area is 104 Å². The van der Waals surface area contributed by atoms with Gasteiger partial charge in [0.1, 0.15) is 5.76 Å². The molecule has 18 heavy (non-hydrogen) atoms. The Morgan fingerprint density at radius 3 is 2.89 bits per heavy atom. The summed E-state index contributed by atoms with van der Waals surface area (Å²) in [6, 6.07) is 2.93. The van der Waals surface area contributed by atoms with Crippen molar-refractivity contribution in [3.05, 3.63) is 36.1 Å². The molecule has 0 fully saturated rings. The molecular weight excluding hydrogens is 256 g/mol. The van der Waals surface area contributed by atoms with Crippen molar-refractivity contribution in [1.29, 1.82) is 0 Å². The Kier molecular flexibility index (Phi) is 3.80. The number of furan rings is 1. The minimum Gasteiger partial charge on any atom is -0.447 e. The van der Waals surface area contributed by atoms with E-state index in [0.29, 0.717) is 12.2 Å². The van der Waals surface area contributed by atoms with Crippen LogP contribution >= 0.6 is 0 Å². The number of sulfonamides is 1. The summed E-state index contributed by atoms with van der Waals surface area (Å²) in [4.78, 5) is 6.74. The van der Waals surface area contributed by atoms with Crippen molar-refractivity contribution in [2.24, 2.45) is 5.73 Å². The minimum absolute atomic E-state index is 0.118. The molecule has 0 saturated heterocycles. The normalized spacial score (nSPS) is 11.8. The Bertz CT molecular complexity index is 588. The van der Waals surface area contributed by atoms with Crippen LogP contribution in [0.25, 0.3) is 0 Å². The van der Waals surface area contributed by atoms with Crippen LogP contribution in [0.15, 0.2) is 34.2 Å². The van der Waals surface area contributed by atoms with Crippen molar-refractivity contribution >= 4 is 10.0 Å². The van der Waals surface area contributed by atoms with Crippen LogP contribution in [0.2, 0.25) is 0 Å². The molecule has 0 aliphatic heterocycles. The summed E-state index contributed by atoms with van der Waals surface area (Å²) < 4.78 is 31.2. The summed E-state index contributed by atoms with van der Waals surface area (Å²) in [6.45, 7) is 0.437. The van der Waals surface area contributed by atoms with Crippen LogP contribution in [0.3, 0.4) is 0 Å². The number of nitrogens with zero attached hydrogens (tertiary/aromatic N) is 1. The van der Waals surface area contributed by atoms with E-state index in [2.05, 4.69) is 14.7 Å².